The summed E-state index contributed by atoms with van der Waals surface area (Å²) >= 11 is 0. The fourth-order valence-electron chi connectivity index (χ4n) is 2.92. The molecule has 0 nitrogen and oxygen atoms in total. The van der Waals surface area contributed by atoms with Gasteiger partial charge in [-0.15, -0.1) is 0 Å². The molecule has 0 aromatic heterocycles. The van der Waals surface area contributed by atoms with Crippen molar-refractivity contribution in [3.8, 4) is 0 Å². The van der Waals surface area contributed by atoms with Crippen LogP contribution in [0.1, 0.15) is 23.6 Å². The summed E-state index contributed by atoms with van der Waals surface area (Å²) < 4.78 is 0. The Balaban J connectivity index is 2.64. The molecule has 3 rings (SSSR count). The molecular weight excluding hydrogens is 240 g/mol. The van der Waals surface area contributed by atoms with Gasteiger partial charge in [0.1, 0.15) is 0 Å². The second-order valence-corrected chi connectivity index (χ2v) is 5.13. The standard InChI is InChI=1S/C20H18/c1-4-8-16-15(5-2)19-12-11-14(3)13-20(19)18-10-7-6-9-17(16)18/h4-13H,2H2,1,3H3/b8-4-. The first kappa shape index (κ1) is 12.7. The van der Waals surface area contributed by atoms with Gasteiger partial charge in [0.05, 0.1) is 0 Å². The van der Waals surface area contributed by atoms with Crippen LogP contribution in [0.2, 0.25) is 0 Å². The second kappa shape index (κ2) is 4.97. The second-order valence-electron chi connectivity index (χ2n) is 5.13. The molecule has 0 N–H and O–H groups in total. The smallest absolute Gasteiger partial charge is 0.00963 e. The highest BCUT2D eigenvalue weighted by Gasteiger charge is 2.10. The zero-order valence-electron chi connectivity index (χ0n) is 12.0. The number of rotatable bonds is 2. The van der Waals surface area contributed by atoms with Crippen molar-refractivity contribution in [3.63, 3.8) is 0 Å². The molecule has 0 aliphatic rings. The van der Waals surface area contributed by atoms with Gasteiger partial charge in [-0.3, -0.25) is 0 Å². The molecule has 0 amide bonds. The summed E-state index contributed by atoms with van der Waals surface area (Å²) in [6.45, 7) is 8.22. The van der Waals surface area contributed by atoms with Crippen LogP contribution in [0.3, 0.4) is 0 Å². The van der Waals surface area contributed by atoms with Crippen molar-refractivity contribution in [2.45, 2.75) is 13.8 Å². The highest BCUT2D eigenvalue weighted by atomic mass is 14.1. The van der Waals surface area contributed by atoms with E-state index in [1.54, 1.807) is 0 Å². The van der Waals surface area contributed by atoms with Crippen molar-refractivity contribution < 1.29 is 0 Å². The molecule has 98 valence electrons. The predicted octanol–water partition coefficient (Wildman–Crippen LogP) is 5.98. The Kier molecular flexibility index (Phi) is 3.15. The monoisotopic (exact) mass is 258 g/mol. The Bertz CT molecular complexity index is 835. The third-order valence-corrected chi connectivity index (χ3v) is 3.80. The summed E-state index contributed by atoms with van der Waals surface area (Å²) in [5, 5.41) is 5.18. The summed E-state index contributed by atoms with van der Waals surface area (Å²) in [4.78, 5) is 0. The van der Waals surface area contributed by atoms with E-state index >= 15 is 0 Å². The average molecular weight is 258 g/mol. The van der Waals surface area contributed by atoms with Crippen molar-refractivity contribution >= 4 is 33.7 Å². The SMILES string of the molecule is C=Cc1c(/C=C\C)c2ccccc2c2cc(C)ccc12. The zero-order valence-corrected chi connectivity index (χ0v) is 12.0. The Morgan fingerprint density at radius 2 is 1.55 bits per heavy atom. The normalized spacial score (nSPS) is 11.5. The van der Waals surface area contributed by atoms with Crippen molar-refractivity contribution in [1.82, 2.24) is 0 Å². The Morgan fingerprint density at radius 1 is 0.850 bits per heavy atom. The van der Waals surface area contributed by atoms with Crippen LogP contribution in [-0.2, 0) is 0 Å². The molecule has 3 aromatic carbocycles. The van der Waals surface area contributed by atoms with E-state index in [-0.39, 0.29) is 0 Å². The minimum absolute atomic E-state index is 1.22. The van der Waals surface area contributed by atoms with E-state index in [9.17, 15) is 0 Å². The van der Waals surface area contributed by atoms with E-state index in [1.807, 2.05) is 6.08 Å². The zero-order chi connectivity index (χ0) is 14.1. The van der Waals surface area contributed by atoms with E-state index < -0.39 is 0 Å². The highest BCUT2D eigenvalue weighted by molar-refractivity contribution is 6.14. The molecule has 20 heavy (non-hydrogen) atoms. The number of allylic oxidation sites excluding steroid dienone is 1. The van der Waals surface area contributed by atoms with Crippen LogP contribution < -0.4 is 0 Å². The lowest BCUT2D eigenvalue weighted by Gasteiger charge is -2.13. The van der Waals surface area contributed by atoms with Crippen LogP contribution in [0, 0.1) is 6.92 Å². The van der Waals surface area contributed by atoms with Gasteiger partial charge in [0.15, 0.2) is 0 Å². The van der Waals surface area contributed by atoms with Gasteiger partial charge in [0, 0.05) is 0 Å². The van der Waals surface area contributed by atoms with Gasteiger partial charge in [0.2, 0.25) is 0 Å². The number of fused-ring (bicyclic) bond motifs is 3. The lowest BCUT2D eigenvalue weighted by Crippen LogP contribution is -1.89. The molecular formula is C20H18. The molecule has 3 aromatic rings. The van der Waals surface area contributed by atoms with Crippen molar-refractivity contribution in [2.75, 3.05) is 0 Å². The molecule has 0 heterocycles. The lowest BCUT2D eigenvalue weighted by molar-refractivity contribution is 1.51. The third kappa shape index (κ3) is 1.85. The van der Waals surface area contributed by atoms with Gasteiger partial charge in [0.25, 0.3) is 0 Å². The first-order valence-corrected chi connectivity index (χ1v) is 6.96. The van der Waals surface area contributed by atoms with Crippen LogP contribution in [-0.4, -0.2) is 0 Å². The maximum atomic E-state index is 4.02. The average Bonchev–Trinajstić information content (AvgIpc) is 2.48. The minimum Gasteiger partial charge on any atom is -0.0984 e. The number of aryl methyl sites for hydroxylation is 1. The molecule has 0 unspecified atom stereocenters. The molecule has 0 radical (unpaired) electrons. The van der Waals surface area contributed by atoms with E-state index in [2.05, 4.69) is 75.0 Å². The highest BCUT2D eigenvalue weighted by Crippen LogP contribution is 2.34. The quantitative estimate of drug-likeness (QED) is 0.496. The fourth-order valence-corrected chi connectivity index (χ4v) is 2.92. The largest absolute Gasteiger partial charge is 0.0984 e. The van der Waals surface area contributed by atoms with Gasteiger partial charge < -0.3 is 0 Å². The number of hydrogen-bond donors (Lipinski definition) is 0. The molecule has 0 aliphatic heterocycles. The number of benzene rings is 3. The molecule has 0 bridgehead atoms. The van der Waals surface area contributed by atoms with Gasteiger partial charge in [-0.2, -0.15) is 0 Å². The van der Waals surface area contributed by atoms with Gasteiger partial charge >= 0.3 is 0 Å². The van der Waals surface area contributed by atoms with E-state index in [0.29, 0.717) is 0 Å². The van der Waals surface area contributed by atoms with Crippen molar-refractivity contribution in [1.29, 1.82) is 0 Å². The first-order valence-electron chi connectivity index (χ1n) is 6.96. The lowest BCUT2D eigenvalue weighted by atomic mass is 9.90. The molecule has 0 spiro atoms. The van der Waals surface area contributed by atoms with Crippen molar-refractivity contribution in [3.05, 3.63) is 71.8 Å². The molecule has 0 aliphatic carbocycles. The summed E-state index contributed by atoms with van der Waals surface area (Å²) in [5.74, 6) is 0. The van der Waals surface area contributed by atoms with Crippen LogP contribution in [0.4, 0.5) is 0 Å². The van der Waals surface area contributed by atoms with Crippen LogP contribution >= 0.6 is 0 Å². The van der Waals surface area contributed by atoms with Crippen molar-refractivity contribution in [2.24, 2.45) is 0 Å². The van der Waals surface area contributed by atoms with E-state index in [4.69, 9.17) is 0 Å². The molecule has 0 heteroatoms. The molecule has 0 saturated carbocycles. The summed E-state index contributed by atoms with van der Waals surface area (Å²) in [7, 11) is 0. The Hall–Kier alpha value is -2.34. The number of hydrogen-bond acceptors (Lipinski definition) is 0. The van der Waals surface area contributed by atoms with Gasteiger partial charge in [-0.05, 0) is 46.5 Å². The topological polar surface area (TPSA) is 0 Å². The van der Waals surface area contributed by atoms with Crippen LogP contribution in [0.5, 0.6) is 0 Å². The van der Waals surface area contributed by atoms with Crippen LogP contribution in [0.25, 0.3) is 33.7 Å². The minimum atomic E-state index is 1.22. The molecule has 0 atom stereocenters. The fraction of sp³-hybridized carbons (Fsp3) is 0.100. The maximum Gasteiger partial charge on any atom is -0.00963 e. The molecule has 0 fully saturated rings. The summed E-state index contributed by atoms with van der Waals surface area (Å²) in [6, 6.07) is 15.3. The van der Waals surface area contributed by atoms with Gasteiger partial charge in [-0.1, -0.05) is 72.8 Å². The molecule has 0 saturated heterocycles. The third-order valence-electron chi connectivity index (χ3n) is 3.80. The van der Waals surface area contributed by atoms with Gasteiger partial charge in [-0.25, -0.2) is 0 Å². The predicted molar refractivity (Wildman–Crippen MR) is 91.0 cm³/mol. The van der Waals surface area contributed by atoms with E-state index in [1.165, 1.54) is 38.2 Å². The van der Waals surface area contributed by atoms with Crippen LogP contribution in [0.15, 0.2) is 55.1 Å². The first-order chi connectivity index (χ1) is 9.76. The summed E-state index contributed by atoms with van der Waals surface area (Å²) in [5.41, 5.74) is 3.77. The Labute approximate surface area is 120 Å². The van der Waals surface area contributed by atoms with E-state index in [0.717, 1.165) is 0 Å². The Morgan fingerprint density at radius 3 is 2.25 bits per heavy atom. The maximum absolute atomic E-state index is 4.02. The summed E-state index contributed by atoms with van der Waals surface area (Å²) in [6.07, 6.45) is 6.24.